The van der Waals surface area contributed by atoms with Gasteiger partial charge in [-0.3, -0.25) is 0 Å². The maximum atomic E-state index is 5.87. The Morgan fingerprint density at radius 1 is 1.48 bits per heavy atom. The minimum atomic E-state index is -0.147. The van der Waals surface area contributed by atoms with Gasteiger partial charge in [0.15, 0.2) is 0 Å². The van der Waals surface area contributed by atoms with E-state index in [1.807, 2.05) is 19.1 Å². The Hall–Kier alpha value is -1.55. The van der Waals surface area contributed by atoms with Crippen molar-refractivity contribution in [3.05, 3.63) is 36.2 Å². The quantitative estimate of drug-likeness (QED) is 0.841. The molecule has 2 N–H and O–H groups in total. The summed E-state index contributed by atoms with van der Waals surface area (Å²) >= 11 is 0. The Morgan fingerprint density at radius 3 is 2.86 bits per heavy atom. The van der Waals surface area contributed by atoms with Gasteiger partial charge in [0.1, 0.15) is 6.61 Å². The van der Waals surface area contributed by atoms with Crippen LogP contribution in [-0.4, -0.2) is 30.2 Å². The van der Waals surface area contributed by atoms with Crippen molar-refractivity contribution < 1.29 is 4.74 Å². The lowest BCUT2D eigenvalue weighted by molar-refractivity contribution is 0.208. The van der Waals surface area contributed by atoms with Crippen molar-refractivity contribution in [2.75, 3.05) is 19.7 Å². The lowest BCUT2D eigenvalue weighted by atomic mass is 10.1. The number of nitrogens with one attached hydrogen (secondary N) is 2. The molecular weight excluding hydrogens is 262 g/mol. The fourth-order valence-electron chi connectivity index (χ4n) is 3.36. The van der Waals surface area contributed by atoms with E-state index in [-0.39, 0.29) is 5.54 Å². The third-order valence-electron chi connectivity index (χ3n) is 4.52. The third kappa shape index (κ3) is 3.05. The van der Waals surface area contributed by atoms with Crippen LogP contribution in [0.1, 0.15) is 19.4 Å². The molecule has 0 radical (unpaired) electrons. The Balaban J connectivity index is 1.52. The van der Waals surface area contributed by atoms with E-state index >= 15 is 0 Å². The van der Waals surface area contributed by atoms with Crippen LogP contribution in [0.2, 0.25) is 0 Å². The highest BCUT2D eigenvalue weighted by atomic mass is 16.5. The number of ether oxygens (including phenoxy) is 1. The molecule has 1 saturated heterocycles. The van der Waals surface area contributed by atoms with Gasteiger partial charge in [0.25, 0.3) is 0 Å². The second-order valence-corrected chi connectivity index (χ2v) is 6.96. The Morgan fingerprint density at radius 2 is 2.19 bits per heavy atom. The van der Waals surface area contributed by atoms with Crippen LogP contribution in [0, 0.1) is 24.7 Å². The van der Waals surface area contributed by atoms with Gasteiger partial charge in [0.05, 0.1) is 5.54 Å². The van der Waals surface area contributed by atoms with Crippen molar-refractivity contribution in [2.45, 2.75) is 26.3 Å². The van der Waals surface area contributed by atoms with E-state index in [0.717, 1.165) is 36.2 Å². The fraction of sp³-hybridized carbons (Fsp3) is 0.588. The first-order chi connectivity index (χ1) is 9.98. The van der Waals surface area contributed by atoms with Crippen molar-refractivity contribution in [3.8, 4) is 5.88 Å². The minimum Gasteiger partial charge on any atom is -0.475 e. The SMILES string of the molecule is C=C(NC(C)(C)COc1ncccc1C)C1[C@H]2CNC[C@@H]12. The summed E-state index contributed by atoms with van der Waals surface area (Å²) in [4.78, 5) is 4.27. The monoisotopic (exact) mass is 287 g/mol. The number of rotatable bonds is 6. The molecule has 0 amide bonds. The van der Waals surface area contributed by atoms with Gasteiger partial charge in [-0.05, 0) is 51.8 Å². The molecule has 1 saturated carbocycles. The van der Waals surface area contributed by atoms with Crippen LogP contribution in [0.4, 0.5) is 0 Å². The number of allylic oxidation sites excluding steroid dienone is 1. The Bertz CT molecular complexity index is 531. The molecule has 3 atom stereocenters. The maximum absolute atomic E-state index is 5.87. The van der Waals surface area contributed by atoms with Gasteiger partial charge < -0.3 is 15.4 Å². The van der Waals surface area contributed by atoms with Crippen molar-refractivity contribution in [1.82, 2.24) is 15.6 Å². The predicted octanol–water partition coefficient (Wildman–Crippen LogP) is 2.12. The third-order valence-corrected chi connectivity index (χ3v) is 4.52. The zero-order valence-corrected chi connectivity index (χ0v) is 13.1. The molecule has 1 aliphatic heterocycles. The van der Waals surface area contributed by atoms with Crippen molar-refractivity contribution in [2.24, 2.45) is 17.8 Å². The van der Waals surface area contributed by atoms with E-state index in [0.29, 0.717) is 18.4 Å². The highest BCUT2D eigenvalue weighted by molar-refractivity contribution is 5.24. The molecule has 21 heavy (non-hydrogen) atoms. The number of hydrogen-bond acceptors (Lipinski definition) is 4. The summed E-state index contributed by atoms with van der Waals surface area (Å²) in [5.74, 6) is 2.94. The molecule has 114 valence electrons. The smallest absolute Gasteiger partial charge is 0.216 e. The molecular formula is C17H25N3O. The maximum Gasteiger partial charge on any atom is 0.216 e. The second kappa shape index (κ2) is 5.34. The van der Waals surface area contributed by atoms with Crippen LogP contribution in [0.25, 0.3) is 0 Å². The van der Waals surface area contributed by atoms with Crippen LogP contribution in [0.3, 0.4) is 0 Å². The molecule has 4 nitrogen and oxygen atoms in total. The lowest BCUT2D eigenvalue weighted by Gasteiger charge is -2.29. The van der Waals surface area contributed by atoms with Crippen LogP contribution in [0.5, 0.6) is 5.88 Å². The molecule has 4 heteroatoms. The average Bonchev–Trinajstić information content (AvgIpc) is 2.92. The van der Waals surface area contributed by atoms with E-state index in [1.54, 1.807) is 6.20 Å². The van der Waals surface area contributed by atoms with E-state index in [1.165, 1.54) is 0 Å². The van der Waals surface area contributed by atoms with Crippen LogP contribution < -0.4 is 15.4 Å². The topological polar surface area (TPSA) is 46.2 Å². The summed E-state index contributed by atoms with van der Waals surface area (Å²) in [5.41, 5.74) is 2.08. The van der Waals surface area contributed by atoms with E-state index in [4.69, 9.17) is 4.74 Å². The highest BCUT2D eigenvalue weighted by Gasteiger charge is 2.54. The standard InChI is InChI=1S/C17H25N3O/c1-11-6-5-7-19-16(11)21-10-17(3,4)20-12(2)15-13-8-18-9-14(13)15/h5-7,13-15,18,20H,2,8-10H2,1,3-4H3/t13-,14+,15?. The van der Waals surface area contributed by atoms with Gasteiger partial charge in [-0.2, -0.15) is 0 Å². The van der Waals surface area contributed by atoms with Gasteiger partial charge in [-0.1, -0.05) is 12.6 Å². The second-order valence-electron chi connectivity index (χ2n) is 6.96. The van der Waals surface area contributed by atoms with Crippen molar-refractivity contribution >= 4 is 0 Å². The molecule has 2 heterocycles. The van der Waals surface area contributed by atoms with Crippen molar-refractivity contribution in [1.29, 1.82) is 0 Å². The van der Waals surface area contributed by atoms with Gasteiger partial charge in [-0.15, -0.1) is 0 Å². The average molecular weight is 287 g/mol. The summed E-state index contributed by atoms with van der Waals surface area (Å²) in [7, 11) is 0. The molecule has 1 aromatic heterocycles. The van der Waals surface area contributed by atoms with Gasteiger partial charge >= 0.3 is 0 Å². The Kier molecular flexibility index (Phi) is 3.66. The molecule has 2 aliphatic rings. The molecule has 2 fully saturated rings. The first-order valence-electron chi connectivity index (χ1n) is 7.70. The molecule has 1 aromatic rings. The number of hydrogen-bond donors (Lipinski definition) is 2. The molecule has 0 bridgehead atoms. The summed E-state index contributed by atoms with van der Waals surface area (Å²) in [6.45, 7) is 13.4. The first-order valence-corrected chi connectivity index (χ1v) is 7.70. The summed E-state index contributed by atoms with van der Waals surface area (Å²) in [5, 5.41) is 6.98. The Labute approximate surface area is 127 Å². The zero-order chi connectivity index (χ0) is 15.0. The number of nitrogens with zero attached hydrogens (tertiary/aromatic N) is 1. The number of aryl methyl sites for hydroxylation is 1. The van der Waals surface area contributed by atoms with Crippen LogP contribution in [0.15, 0.2) is 30.6 Å². The van der Waals surface area contributed by atoms with Crippen molar-refractivity contribution in [3.63, 3.8) is 0 Å². The number of pyridine rings is 1. The normalized spacial score (nSPS) is 27.1. The molecule has 0 spiro atoms. The molecule has 0 aromatic carbocycles. The summed E-state index contributed by atoms with van der Waals surface area (Å²) in [6.07, 6.45) is 1.76. The largest absolute Gasteiger partial charge is 0.475 e. The summed E-state index contributed by atoms with van der Waals surface area (Å²) < 4.78 is 5.87. The predicted molar refractivity (Wildman–Crippen MR) is 84.2 cm³/mol. The van der Waals surface area contributed by atoms with E-state index < -0.39 is 0 Å². The molecule has 1 aliphatic carbocycles. The fourth-order valence-corrected chi connectivity index (χ4v) is 3.36. The first kappa shape index (κ1) is 14.4. The van der Waals surface area contributed by atoms with Gasteiger partial charge in [0.2, 0.25) is 5.88 Å². The number of aromatic nitrogens is 1. The lowest BCUT2D eigenvalue weighted by Crippen LogP contribution is -2.44. The number of fused-ring (bicyclic) bond motifs is 1. The van der Waals surface area contributed by atoms with Gasteiger partial charge in [0, 0.05) is 23.4 Å². The van der Waals surface area contributed by atoms with E-state index in [9.17, 15) is 0 Å². The number of piperidine rings is 1. The minimum absolute atomic E-state index is 0.147. The van der Waals surface area contributed by atoms with Crippen LogP contribution in [-0.2, 0) is 0 Å². The zero-order valence-electron chi connectivity index (χ0n) is 13.1. The summed E-state index contributed by atoms with van der Waals surface area (Å²) in [6, 6.07) is 3.94. The van der Waals surface area contributed by atoms with Gasteiger partial charge in [-0.25, -0.2) is 4.98 Å². The highest BCUT2D eigenvalue weighted by Crippen LogP contribution is 2.52. The molecule has 3 rings (SSSR count). The van der Waals surface area contributed by atoms with Crippen LogP contribution >= 0.6 is 0 Å². The van der Waals surface area contributed by atoms with E-state index in [2.05, 4.69) is 36.0 Å². The molecule has 1 unspecified atom stereocenters.